The van der Waals surface area contributed by atoms with Crippen LogP contribution in [0, 0.1) is 0 Å². The summed E-state index contributed by atoms with van der Waals surface area (Å²) in [6.45, 7) is 2.57. The monoisotopic (exact) mass is 274 g/mol. The number of rotatable bonds is 11. The van der Waals surface area contributed by atoms with Crippen molar-refractivity contribution in [3.8, 4) is 0 Å². The van der Waals surface area contributed by atoms with Gasteiger partial charge in [-0.15, -0.1) is 0 Å². The fourth-order valence-electron chi connectivity index (χ4n) is 1.29. The zero-order chi connectivity index (χ0) is 14.5. The molecule has 1 atom stereocenters. The van der Waals surface area contributed by atoms with Gasteiger partial charge in [-0.3, -0.25) is 9.59 Å². The maximum Gasteiger partial charge on any atom is 0.220 e. The molecule has 0 fully saturated rings. The summed E-state index contributed by atoms with van der Waals surface area (Å²) in [5, 5.41) is 13.6. The number of amides is 2. The predicted octanol–water partition coefficient (Wildman–Crippen LogP) is -1.01. The first kappa shape index (κ1) is 17.5. The third kappa shape index (κ3) is 10.2. The van der Waals surface area contributed by atoms with E-state index < -0.39 is 6.04 Å². The van der Waals surface area contributed by atoms with E-state index in [1.54, 1.807) is 6.92 Å². The summed E-state index contributed by atoms with van der Waals surface area (Å²) in [6.07, 6.45) is 1.37. The Hall–Kier alpha value is -1.47. The highest BCUT2D eigenvalue weighted by atomic mass is 16.5. The van der Waals surface area contributed by atoms with Crippen molar-refractivity contribution in [2.24, 2.45) is 0 Å². The van der Waals surface area contributed by atoms with Gasteiger partial charge in [-0.05, 0) is 6.42 Å². The molecule has 0 saturated carbocycles. The van der Waals surface area contributed by atoms with E-state index in [4.69, 9.17) is 9.84 Å². The van der Waals surface area contributed by atoms with Gasteiger partial charge in [0.15, 0.2) is 0 Å². The zero-order valence-corrected chi connectivity index (χ0v) is 11.2. The van der Waals surface area contributed by atoms with Crippen molar-refractivity contribution in [3.63, 3.8) is 0 Å². The zero-order valence-electron chi connectivity index (χ0n) is 11.2. The van der Waals surface area contributed by atoms with Gasteiger partial charge in [0.2, 0.25) is 11.8 Å². The Morgan fingerprint density at radius 1 is 1.32 bits per heavy atom. The molecule has 0 heterocycles. The molecule has 19 heavy (non-hydrogen) atoms. The molecule has 0 unspecified atom stereocenters. The number of hydrogen-bond donors (Lipinski definition) is 3. The molecule has 3 N–H and O–H groups in total. The molecule has 7 nitrogen and oxygen atoms in total. The van der Waals surface area contributed by atoms with Gasteiger partial charge in [-0.2, -0.15) is 0 Å². The summed E-state index contributed by atoms with van der Waals surface area (Å²) in [6, 6.07) is -0.621. The van der Waals surface area contributed by atoms with Gasteiger partial charge in [0, 0.05) is 19.4 Å². The third-order valence-corrected chi connectivity index (χ3v) is 2.32. The summed E-state index contributed by atoms with van der Waals surface area (Å²) in [7, 11) is 0. The van der Waals surface area contributed by atoms with E-state index in [2.05, 4.69) is 10.6 Å². The van der Waals surface area contributed by atoms with Crippen molar-refractivity contribution in [1.29, 1.82) is 0 Å². The van der Waals surface area contributed by atoms with Crippen molar-refractivity contribution in [2.45, 2.75) is 32.2 Å². The molecule has 0 aromatic heterocycles. The Bertz CT molecular complexity index is 283. The van der Waals surface area contributed by atoms with Gasteiger partial charge in [-0.1, -0.05) is 6.92 Å². The van der Waals surface area contributed by atoms with Crippen LogP contribution in [-0.4, -0.2) is 55.6 Å². The molecule has 0 aliphatic heterocycles. The van der Waals surface area contributed by atoms with Crippen LogP contribution >= 0.6 is 0 Å². The van der Waals surface area contributed by atoms with Gasteiger partial charge in [0.1, 0.15) is 6.29 Å². The van der Waals surface area contributed by atoms with Crippen molar-refractivity contribution >= 4 is 18.1 Å². The SMILES string of the molecule is CCC(=O)N[C@H](C=O)CCC(=O)NCCOCCO. The van der Waals surface area contributed by atoms with Crippen LogP contribution in [0.1, 0.15) is 26.2 Å². The van der Waals surface area contributed by atoms with E-state index in [-0.39, 0.29) is 37.9 Å². The minimum Gasteiger partial charge on any atom is -0.394 e. The van der Waals surface area contributed by atoms with E-state index >= 15 is 0 Å². The van der Waals surface area contributed by atoms with Crippen LogP contribution in [0.15, 0.2) is 0 Å². The van der Waals surface area contributed by atoms with Crippen molar-refractivity contribution < 1.29 is 24.2 Å². The quantitative estimate of drug-likeness (QED) is 0.330. The van der Waals surface area contributed by atoms with Crippen LogP contribution in [0.4, 0.5) is 0 Å². The Morgan fingerprint density at radius 2 is 2.05 bits per heavy atom. The number of nitrogens with one attached hydrogen (secondary N) is 2. The maximum atomic E-state index is 11.4. The highest BCUT2D eigenvalue weighted by molar-refractivity contribution is 5.80. The summed E-state index contributed by atoms with van der Waals surface area (Å²) < 4.78 is 4.97. The van der Waals surface area contributed by atoms with Crippen LogP contribution in [0.2, 0.25) is 0 Å². The Labute approximate surface area is 112 Å². The number of carbonyl (C=O) groups is 3. The molecular weight excluding hydrogens is 252 g/mol. The molecule has 0 spiro atoms. The molecule has 0 aliphatic rings. The third-order valence-electron chi connectivity index (χ3n) is 2.32. The van der Waals surface area contributed by atoms with Crippen molar-refractivity contribution in [3.05, 3.63) is 0 Å². The predicted molar refractivity (Wildman–Crippen MR) is 68.4 cm³/mol. The molecule has 110 valence electrons. The second-order valence-electron chi connectivity index (χ2n) is 3.89. The smallest absolute Gasteiger partial charge is 0.220 e. The number of aliphatic hydroxyl groups is 1. The van der Waals surface area contributed by atoms with Crippen LogP contribution in [0.3, 0.4) is 0 Å². The summed E-state index contributed by atoms with van der Waals surface area (Å²) in [4.78, 5) is 33.2. The first-order valence-electron chi connectivity index (χ1n) is 6.34. The first-order valence-corrected chi connectivity index (χ1v) is 6.34. The van der Waals surface area contributed by atoms with Crippen LogP contribution < -0.4 is 10.6 Å². The van der Waals surface area contributed by atoms with Crippen LogP contribution in [0.25, 0.3) is 0 Å². The Morgan fingerprint density at radius 3 is 2.63 bits per heavy atom. The van der Waals surface area contributed by atoms with Crippen LogP contribution in [-0.2, 0) is 19.1 Å². The van der Waals surface area contributed by atoms with Crippen molar-refractivity contribution in [1.82, 2.24) is 10.6 Å². The number of carbonyl (C=O) groups excluding carboxylic acids is 3. The highest BCUT2D eigenvalue weighted by Gasteiger charge is 2.12. The van der Waals surface area contributed by atoms with Gasteiger partial charge in [-0.25, -0.2) is 0 Å². The lowest BCUT2D eigenvalue weighted by Gasteiger charge is -2.12. The summed E-state index contributed by atoms with van der Waals surface area (Å²) >= 11 is 0. The Balaban J connectivity index is 3.69. The molecule has 0 bridgehead atoms. The lowest BCUT2D eigenvalue weighted by molar-refractivity contribution is -0.125. The molecule has 0 radical (unpaired) electrons. The van der Waals surface area contributed by atoms with E-state index in [0.29, 0.717) is 25.9 Å². The van der Waals surface area contributed by atoms with Gasteiger partial charge < -0.3 is 25.3 Å². The molecule has 0 rings (SSSR count). The fraction of sp³-hybridized carbons (Fsp3) is 0.750. The van der Waals surface area contributed by atoms with Gasteiger partial charge in [0.25, 0.3) is 0 Å². The number of hydrogen-bond acceptors (Lipinski definition) is 5. The minimum atomic E-state index is -0.621. The first-order chi connectivity index (χ1) is 9.13. The minimum absolute atomic E-state index is 0.0495. The van der Waals surface area contributed by atoms with Crippen LogP contribution in [0.5, 0.6) is 0 Å². The molecule has 0 aromatic rings. The second kappa shape index (κ2) is 11.6. The normalized spacial score (nSPS) is 11.7. The lowest BCUT2D eigenvalue weighted by Crippen LogP contribution is -2.37. The fourth-order valence-corrected chi connectivity index (χ4v) is 1.29. The summed E-state index contributed by atoms with van der Waals surface area (Å²) in [5.74, 6) is -0.417. The van der Waals surface area contributed by atoms with E-state index in [1.807, 2.05) is 0 Å². The van der Waals surface area contributed by atoms with E-state index in [9.17, 15) is 14.4 Å². The largest absolute Gasteiger partial charge is 0.394 e. The second-order valence-corrected chi connectivity index (χ2v) is 3.89. The summed E-state index contributed by atoms with van der Waals surface area (Å²) in [5.41, 5.74) is 0. The molecule has 7 heteroatoms. The molecule has 2 amide bonds. The number of aliphatic hydroxyl groups excluding tert-OH is 1. The average molecular weight is 274 g/mol. The molecule has 0 saturated heterocycles. The molecule has 0 aromatic carbocycles. The topological polar surface area (TPSA) is 105 Å². The van der Waals surface area contributed by atoms with Gasteiger partial charge in [0.05, 0.1) is 25.9 Å². The number of aldehydes is 1. The average Bonchev–Trinajstić information content (AvgIpc) is 2.42. The highest BCUT2D eigenvalue weighted by Crippen LogP contribution is 1.95. The van der Waals surface area contributed by atoms with Gasteiger partial charge >= 0.3 is 0 Å². The molecular formula is C12H22N2O5. The number of ether oxygens (including phenoxy) is 1. The molecule has 0 aliphatic carbocycles. The van der Waals surface area contributed by atoms with Crippen molar-refractivity contribution in [2.75, 3.05) is 26.4 Å². The van der Waals surface area contributed by atoms with E-state index in [0.717, 1.165) is 0 Å². The lowest BCUT2D eigenvalue weighted by atomic mass is 10.1. The maximum absolute atomic E-state index is 11.4. The van der Waals surface area contributed by atoms with E-state index in [1.165, 1.54) is 0 Å². The standard InChI is InChI=1S/C12H22N2O5/c1-2-11(17)14-10(9-16)3-4-12(18)13-5-7-19-8-6-15/h9-10,15H,2-8H2,1H3,(H,13,18)(H,14,17)/t10-/m0/s1. The Kier molecular flexibility index (Phi) is 10.7.